The van der Waals surface area contributed by atoms with Gasteiger partial charge in [0.2, 0.25) is 0 Å². The van der Waals surface area contributed by atoms with Crippen molar-refractivity contribution in [2.45, 2.75) is 82.8 Å². The largest absolute Gasteiger partial charge is 0.458 e. The monoisotopic (exact) mass is 402 g/mol. The van der Waals surface area contributed by atoms with E-state index in [1.54, 1.807) is 6.08 Å². The van der Waals surface area contributed by atoms with Crippen molar-refractivity contribution in [3.8, 4) is 0 Å². The van der Waals surface area contributed by atoms with Crippen LogP contribution in [0.15, 0.2) is 11.6 Å². The van der Waals surface area contributed by atoms with E-state index in [1.807, 2.05) is 0 Å². The van der Waals surface area contributed by atoms with Gasteiger partial charge in [0.15, 0.2) is 6.29 Å². The number of carbonyl (C=O) groups is 2. The Morgan fingerprint density at radius 2 is 1.83 bits per heavy atom. The van der Waals surface area contributed by atoms with Gasteiger partial charge in [-0.25, -0.2) is 4.79 Å². The summed E-state index contributed by atoms with van der Waals surface area (Å²) in [5, 5.41) is 22.7. The van der Waals surface area contributed by atoms with Crippen LogP contribution in [0.2, 0.25) is 0 Å². The van der Waals surface area contributed by atoms with E-state index in [2.05, 4.69) is 13.8 Å². The van der Waals surface area contributed by atoms with Crippen LogP contribution in [0.25, 0.3) is 0 Å². The van der Waals surface area contributed by atoms with E-state index in [9.17, 15) is 19.8 Å². The lowest BCUT2D eigenvalue weighted by molar-refractivity contribution is -0.213. The number of aldehydes is 1. The van der Waals surface area contributed by atoms with Crippen LogP contribution in [0.4, 0.5) is 0 Å². The first kappa shape index (κ1) is 19.7. The fourth-order valence-corrected chi connectivity index (χ4v) is 8.53. The molecule has 29 heavy (non-hydrogen) atoms. The van der Waals surface area contributed by atoms with Crippen molar-refractivity contribution < 1.29 is 24.5 Å². The van der Waals surface area contributed by atoms with E-state index in [0.29, 0.717) is 31.3 Å². The molecular weight excluding hydrogens is 368 g/mol. The Hall–Kier alpha value is -1.20. The van der Waals surface area contributed by atoms with Crippen LogP contribution < -0.4 is 0 Å². The Bertz CT molecular complexity index is 775. The summed E-state index contributed by atoms with van der Waals surface area (Å²) in [6.45, 7) is 4.97. The fourth-order valence-electron chi connectivity index (χ4n) is 8.53. The van der Waals surface area contributed by atoms with Crippen LogP contribution in [-0.4, -0.2) is 40.3 Å². The van der Waals surface area contributed by atoms with E-state index >= 15 is 0 Å². The van der Waals surface area contributed by atoms with Crippen LogP contribution in [0.5, 0.6) is 0 Å². The first-order chi connectivity index (χ1) is 13.7. The number of cyclic esters (lactones) is 1. The number of ether oxygens (including phenoxy) is 1. The molecule has 0 amide bonds. The molecule has 0 unspecified atom stereocenters. The Labute approximate surface area is 172 Å². The number of aliphatic hydroxyl groups is 2. The number of esters is 1. The molecule has 0 aromatic rings. The Kier molecular flexibility index (Phi) is 4.20. The van der Waals surface area contributed by atoms with Gasteiger partial charge in [-0.3, -0.25) is 0 Å². The van der Waals surface area contributed by atoms with Crippen LogP contribution in [0, 0.1) is 34.5 Å². The minimum absolute atomic E-state index is 0.0823. The van der Waals surface area contributed by atoms with E-state index in [0.717, 1.165) is 56.8 Å². The minimum atomic E-state index is -1.16. The van der Waals surface area contributed by atoms with Crippen molar-refractivity contribution in [1.82, 2.24) is 0 Å². The fraction of sp³-hybridized carbons (Fsp3) is 0.833. The lowest BCUT2D eigenvalue weighted by Crippen LogP contribution is -2.63. The second kappa shape index (κ2) is 6.16. The maximum absolute atomic E-state index is 12.2. The van der Waals surface area contributed by atoms with E-state index in [1.165, 1.54) is 0 Å². The quantitative estimate of drug-likeness (QED) is 0.547. The molecule has 2 N–H and O–H groups in total. The average Bonchev–Trinajstić information content (AvgIpc) is 3.23. The van der Waals surface area contributed by atoms with Gasteiger partial charge >= 0.3 is 5.97 Å². The molecule has 0 spiro atoms. The number of hydrogen-bond donors (Lipinski definition) is 2. The van der Waals surface area contributed by atoms with Crippen LogP contribution in [0.3, 0.4) is 0 Å². The van der Waals surface area contributed by atoms with Crippen molar-refractivity contribution in [3.63, 3.8) is 0 Å². The Morgan fingerprint density at radius 3 is 2.52 bits per heavy atom. The molecule has 4 fully saturated rings. The van der Waals surface area contributed by atoms with Crippen molar-refractivity contribution >= 4 is 12.3 Å². The molecule has 5 aliphatic rings. The van der Waals surface area contributed by atoms with Crippen LogP contribution in [0.1, 0.15) is 71.6 Å². The second-order valence-electron chi connectivity index (χ2n) is 11.2. The third kappa shape index (κ3) is 2.52. The molecule has 160 valence electrons. The Balaban J connectivity index is 1.45. The van der Waals surface area contributed by atoms with Gasteiger partial charge in [-0.1, -0.05) is 13.8 Å². The summed E-state index contributed by atoms with van der Waals surface area (Å²) in [5.41, 5.74) is -0.925. The van der Waals surface area contributed by atoms with Crippen molar-refractivity contribution in [3.05, 3.63) is 11.6 Å². The normalized spacial score (nSPS) is 54.1. The number of carbonyl (C=O) groups excluding carboxylic acids is 2. The van der Waals surface area contributed by atoms with E-state index in [4.69, 9.17) is 4.74 Å². The highest BCUT2D eigenvalue weighted by atomic mass is 16.5. The maximum atomic E-state index is 12.2. The molecular formula is C24H34O5. The lowest BCUT2D eigenvalue weighted by Gasteiger charge is -2.64. The molecule has 0 aromatic heterocycles. The maximum Gasteiger partial charge on any atom is 0.331 e. The SMILES string of the molecule is C[C@]12CC[C@@](O)(C=O)C[C@H]1CC[C@@H]1[C@@H]2CC[C@]2(C)[C@@H](C3=CC(=O)OC3)CC[C@]12O. The summed E-state index contributed by atoms with van der Waals surface area (Å²) in [6.07, 6.45) is 10.1. The molecule has 0 saturated heterocycles. The van der Waals surface area contributed by atoms with Crippen molar-refractivity contribution in [2.75, 3.05) is 6.61 Å². The van der Waals surface area contributed by atoms with Gasteiger partial charge in [-0.05, 0) is 92.4 Å². The first-order valence-electron chi connectivity index (χ1n) is 11.4. The third-order valence-corrected chi connectivity index (χ3v) is 10.3. The highest BCUT2D eigenvalue weighted by Crippen LogP contribution is 2.70. The lowest BCUT2D eigenvalue weighted by atomic mass is 9.42. The van der Waals surface area contributed by atoms with Gasteiger partial charge in [0.25, 0.3) is 0 Å². The molecule has 1 heterocycles. The highest BCUT2D eigenvalue weighted by molar-refractivity contribution is 5.85. The van der Waals surface area contributed by atoms with E-state index in [-0.39, 0.29) is 28.6 Å². The van der Waals surface area contributed by atoms with Gasteiger partial charge in [-0.15, -0.1) is 0 Å². The molecule has 5 nitrogen and oxygen atoms in total. The molecule has 5 rings (SSSR count). The van der Waals surface area contributed by atoms with Crippen molar-refractivity contribution in [2.24, 2.45) is 34.5 Å². The van der Waals surface area contributed by atoms with Gasteiger partial charge in [0, 0.05) is 11.5 Å². The molecule has 4 aliphatic carbocycles. The molecule has 5 heteroatoms. The summed E-state index contributed by atoms with van der Waals surface area (Å²) in [6, 6.07) is 0. The standard InChI is InChI=1S/C24H34O5/c1-21-9-10-23(27,14-25)12-16(21)3-4-19-18(21)5-7-22(2)17(6-8-24(19,22)28)15-11-20(26)29-13-15/h11,14,16-19,27-28H,3-10,12-13H2,1-2H3/t16-,17-,18+,19-,21+,22-,23+,24+/m1/s1. The molecule has 4 saturated carbocycles. The summed E-state index contributed by atoms with van der Waals surface area (Å²) < 4.78 is 5.19. The number of fused-ring (bicyclic) bond motifs is 5. The second-order valence-corrected chi connectivity index (χ2v) is 11.2. The molecule has 0 bridgehead atoms. The number of hydrogen-bond acceptors (Lipinski definition) is 5. The number of rotatable bonds is 2. The molecule has 1 aliphatic heterocycles. The van der Waals surface area contributed by atoms with Gasteiger partial charge in [-0.2, -0.15) is 0 Å². The predicted octanol–water partition coefficient (Wildman–Crippen LogP) is 3.17. The predicted molar refractivity (Wildman–Crippen MR) is 107 cm³/mol. The van der Waals surface area contributed by atoms with E-state index < -0.39 is 11.2 Å². The highest BCUT2D eigenvalue weighted by Gasteiger charge is 2.68. The van der Waals surface area contributed by atoms with Gasteiger partial charge in [0.05, 0.1) is 5.60 Å². The summed E-state index contributed by atoms with van der Waals surface area (Å²) in [4.78, 5) is 23.1. The topological polar surface area (TPSA) is 83.8 Å². The zero-order valence-electron chi connectivity index (χ0n) is 17.7. The van der Waals surface area contributed by atoms with Gasteiger partial charge < -0.3 is 19.7 Å². The smallest absolute Gasteiger partial charge is 0.331 e. The zero-order valence-corrected chi connectivity index (χ0v) is 17.7. The van der Waals surface area contributed by atoms with Crippen molar-refractivity contribution in [1.29, 1.82) is 0 Å². The summed E-state index contributed by atoms with van der Waals surface area (Å²) in [5.74, 6) is 1.02. The molecule has 0 aromatic carbocycles. The van der Waals surface area contributed by atoms with Gasteiger partial charge in [0.1, 0.15) is 12.2 Å². The minimum Gasteiger partial charge on any atom is -0.458 e. The molecule has 0 radical (unpaired) electrons. The van der Waals surface area contributed by atoms with Crippen LogP contribution in [-0.2, 0) is 14.3 Å². The molecule has 8 atom stereocenters. The summed E-state index contributed by atoms with van der Waals surface area (Å²) >= 11 is 0. The zero-order chi connectivity index (χ0) is 20.7. The Morgan fingerprint density at radius 1 is 1.03 bits per heavy atom. The third-order valence-electron chi connectivity index (χ3n) is 10.3. The first-order valence-corrected chi connectivity index (χ1v) is 11.4. The average molecular weight is 403 g/mol. The van der Waals surface area contributed by atoms with Crippen LogP contribution >= 0.6 is 0 Å². The summed E-state index contributed by atoms with van der Waals surface area (Å²) in [7, 11) is 0.